The van der Waals surface area contributed by atoms with Gasteiger partial charge in [-0.15, -0.1) is 0 Å². The summed E-state index contributed by atoms with van der Waals surface area (Å²) in [6, 6.07) is 3.74. The number of piperidine rings is 1. The molecule has 76 valence electrons. The molecule has 1 saturated carbocycles. The van der Waals surface area contributed by atoms with Crippen LogP contribution in [0.5, 0.6) is 0 Å². The second-order valence-corrected chi connectivity index (χ2v) is 4.19. The summed E-state index contributed by atoms with van der Waals surface area (Å²) in [5.41, 5.74) is -3.79. The van der Waals surface area contributed by atoms with Crippen LogP contribution in [0.1, 0.15) is 20.3 Å². The number of nitriles is 2. The highest BCUT2D eigenvalue weighted by Crippen LogP contribution is 2.81. The van der Waals surface area contributed by atoms with Gasteiger partial charge >= 0.3 is 0 Å². The summed E-state index contributed by atoms with van der Waals surface area (Å²) in [7, 11) is 0. The molecule has 1 aliphatic carbocycles. The monoisotopic (exact) mass is 203 g/mol. The second kappa shape index (κ2) is 2.20. The third-order valence-electron chi connectivity index (χ3n) is 4.11. The maximum atomic E-state index is 11.6. The molecule has 5 heteroatoms. The zero-order valence-electron chi connectivity index (χ0n) is 8.42. The molecule has 2 aliphatic rings. The van der Waals surface area contributed by atoms with Gasteiger partial charge in [0.25, 0.3) is 0 Å². The molecule has 1 saturated heterocycles. The minimum Gasteiger partial charge on any atom is -0.293 e. The molecule has 2 amide bonds. The average Bonchev–Trinajstić information content (AvgIpc) is 2.62. The van der Waals surface area contributed by atoms with Crippen molar-refractivity contribution in [3.8, 4) is 12.1 Å². The van der Waals surface area contributed by atoms with Crippen LogP contribution in [0.4, 0.5) is 0 Å². The van der Waals surface area contributed by atoms with Gasteiger partial charge in [-0.05, 0) is 6.42 Å². The van der Waals surface area contributed by atoms with E-state index in [1.54, 1.807) is 13.8 Å². The molecule has 0 aromatic carbocycles. The van der Waals surface area contributed by atoms with E-state index in [-0.39, 0.29) is 0 Å². The van der Waals surface area contributed by atoms with Crippen LogP contribution < -0.4 is 5.32 Å². The molecular formula is C10H9N3O2. The number of amides is 2. The summed E-state index contributed by atoms with van der Waals surface area (Å²) in [6.07, 6.45) is 0.452. The van der Waals surface area contributed by atoms with Gasteiger partial charge in [0, 0.05) is 5.41 Å². The largest absolute Gasteiger partial charge is 0.293 e. The summed E-state index contributed by atoms with van der Waals surface area (Å²) in [5.74, 6) is -1.25. The molecule has 0 aromatic heterocycles. The zero-order chi connectivity index (χ0) is 11.5. The fraction of sp³-hybridized carbons (Fsp3) is 0.600. The number of carbonyl (C=O) groups excluding carboxylic acids is 2. The number of hydrogen-bond acceptors (Lipinski definition) is 4. The lowest BCUT2D eigenvalue weighted by Crippen LogP contribution is -2.36. The molecule has 5 nitrogen and oxygen atoms in total. The first-order valence-corrected chi connectivity index (χ1v) is 4.67. The van der Waals surface area contributed by atoms with E-state index in [2.05, 4.69) is 5.32 Å². The first-order valence-electron chi connectivity index (χ1n) is 4.67. The third-order valence-corrected chi connectivity index (χ3v) is 4.11. The van der Waals surface area contributed by atoms with Crippen LogP contribution in [0, 0.1) is 38.9 Å². The van der Waals surface area contributed by atoms with Gasteiger partial charge in [0.15, 0.2) is 10.8 Å². The number of nitrogens with one attached hydrogen (secondary N) is 1. The Hall–Kier alpha value is -1.88. The molecule has 1 unspecified atom stereocenters. The molecule has 2 fully saturated rings. The van der Waals surface area contributed by atoms with Gasteiger partial charge in [-0.25, -0.2) is 0 Å². The topological polar surface area (TPSA) is 93.8 Å². The predicted octanol–water partition coefficient (Wildman–Crippen LogP) is 0.0927. The standard InChI is InChI=1S/C10H9N3O2/c1-3-8(2)9(4-11)6(14)13-7(15)10(8,9)5-12/h3H2,1-2H3,(H,13,14,15)/t8?,9-,10+. The van der Waals surface area contributed by atoms with E-state index in [1.807, 2.05) is 12.1 Å². The Bertz CT molecular complexity index is 432. The number of nitrogens with zero attached hydrogens (tertiary/aromatic N) is 2. The molecule has 1 aliphatic heterocycles. The smallest absolute Gasteiger partial charge is 0.249 e. The fourth-order valence-corrected chi connectivity index (χ4v) is 2.96. The van der Waals surface area contributed by atoms with Gasteiger partial charge in [-0.3, -0.25) is 14.9 Å². The molecule has 2 rings (SSSR count). The Morgan fingerprint density at radius 2 is 1.60 bits per heavy atom. The van der Waals surface area contributed by atoms with Crippen LogP contribution in [0.2, 0.25) is 0 Å². The van der Waals surface area contributed by atoms with E-state index in [0.29, 0.717) is 6.42 Å². The van der Waals surface area contributed by atoms with Crippen LogP contribution in [-0.4, -0.2) is 11.8 Å². The van der Waals surface area contributed by atoms with Crippen molar-refractivity contribution in [2.75, 3.05) is 0 Å². The Balaban J connectivity index is 2.73. The van der Waals surface area contributed by atoms with E-state index >= 15 is 0 Å². The lowest BCUT2D eigenvalue weighted by Gasteiger charge is -2.14. The number of rotatable bonds is 1. The molecule has 15 heavy (non-hydrogen) atoms. The fourth-order valence-electron chi connectivity index (χ4n) is 2.96. The quantitative estimate of drug-likeness (QED) is 0.611. The molecule has 0 bridgehead atoms. The maximum Gasteiger partial charge on any atom is 0.249 e. The van der Waals surface area contributed by atoms with Crippen molar-refractivity contribution in [1.29, 1.82) is 10.5 Å². The van der Waals surface area contributed by atoms with Crippen LogP contribution in [0.3, 0.4) is 0 Å². The van der Waals surface area contributed by atoms with Crippen molar-refractivity contribution in [1.82, 2.24) is 5.32 Å². The highest BCUT2D eigenvalue weighted by atomic mass is 16.2. The third kappa shape index (κ3) is 0.536. The number of imide groups is 1. The average molecular weight is 203 g/mol. The van der Waals surface area contributed by atoms with Crippen molar-refractivity contribution in [2.24, 2.45) is 16.2 Å². The summed E-state index contributed by atoms with van der Waals surface area (Å²) in [6.45, 7) is 3.42. The van der Waals surface area contributed by atoms with Gasteiger partial charge in [-0.1, -0.05) is 13.8 Å². The number of hydrogen-bond donors (Lipinski definition) is 1. The lowest BCUT2D eigenvalue weighted by atomic mass is 9.91. The Morgan fingerprint density at radius 3 is 1.80 bits per heavy atom. The first kappa shape index (κ1) is 9.67. The molecular weight excluding hydrogens is 194 g/mol. The van der Waals surface area contributed by atoms with E-state index in [1.165, 1.54) is 0 Å². The van der Waals surface area contributed by atoms with Gasteiger partial charge < -0.3 is 0 Å². The first-order chi connectivity index (χ1) is 6.98. The highest BCUT2D eigenvalue weighted by molar-refractivity contribution is 6.19. The molecule has 0 radical (unpaired) electrons. The van der Waals surface area contributed by atoms with Crippen LogP contribution in [0.15, 0.2) is 0 Å². The van der Waals surface area contributed by atoms with Crippen molar-refractivity contribution < 1.29 is 9.59 Å². The second-order valence-electron chi connectivity index (χ2n) is 4.19. The SMILES string of the molecule is CCC1(C)[C@]2(C#N)C(=O)NC(=O)[C@]12C#N. The summed E-state index contributed by atoms with van der Waals surface area (Å²) in [4.78, 5) is 23.2. The van der Waals surface area contributed by atoms with Crippen molar-refractivity contribution >= 4 is 11.8 Å². The number of carbonyl (C=O) groups is 2. The minimum atomic E-state index is -1.47. The Labute approximate surface area is 86.7 Å². The molecule has 1 heterocycles. The Kier molecular flexibility index (Phi) is 1.42. The van der Waals surface area contributed by atoms with Crippen LogP contribution >= 0.6 is 0 Å². The molecule has 1 N–H and O–H groups in total. The normalized spacial score (nSPS) is 46.4. The van der Waals surface area contributed by atoms with Crippen molar-refractivity contribution in [3.05, 3.63) is 0 Å². The predicted molar refractivity (Wildman–Crippen MR) is 47.6 cm³/mol. The van der Waals surface area contributed by atoms with E-state index < -0.39 is 28.1 Å². The van der Waals surface area contributed by atoms with Gasteiger partial charge in [0.1, 0.15) is 0 Å². The summed E-state index contributed by atoms with van der Waals surface area (Å²) >= 11 is 0. The Morgan fingerprint density at radius 1 is 1.20 bits per heavy atom. The van der Waals surface area contributed by atoms with Gasteiger partial charge in [0.2, 0.25) is 11.8 Å². The van der Waals surface area contributed by atoms with Crippen molar-refractivity contribution in [3.63, 3.8) is 0 Å². The summed E-state index contributed by atoms with van der Waals surface area (Å²) < 4.78 is 0. The van der Waals surface area contributed by atoms with Crippen LogP contribution in [-0.2, 0) is 9.59 Å². The van der Waals surface area contributed by atoms with E-state index in [9.17, 15) is 9.59 Å². The van der Waals surface area contributed by atoms with Gasteiger partial charge in [-0.2, -0.15) is 10.5 Å². The maximum absolute atomic E-state index is 11.6. The molecule has 0 spiro atoms. The van der Waals surface area contributed by atoms with Crippen molar-refractivity contribution in [2.45, 2.75) is 20.3 Å². The van der Waals surface area contributed by atoms with E-state index in [4.69, 9.17) is 10.5 Å². The summed E-state index contributed by atoms with van der Waals surface area (Å²) in [5, 5.41) is 20.3. The zero-order valence-corrected chi connectivity index (χ0v) is 8.42. The molecule has 3 atom stereocenters. The minimum absolute atomic E-state index is 0.452. The lowest BCUT2D eigenvalue weighted by molar-refractivity contribution is -0.130. The van der Waals surface area contributed by atoms with Crippen LogP contribution in [0.25, 0.3) is 0 Å². The van der Waals surface area contributed by atoms with E-state index in [0.717, 1.165) is 0 Å². The van der Waals surface area contributed by atoms with Gasteiger partial charge in [0.05, 0.1) is 12.1 Å². The highest BCUT2D eigenvalue weighted by Gasteiger charge is 2.96. The molecule has 0 aromatic rings. The number of fused-ring (bicyclic) bond motifs is 1.